The first kappa shape index (κ1) is 63.5. The standard InChI is InChI=1S/C29H42N2O7S.C15H21NO3.C14H21NO4S/c1-29(2,3)38-28(33)30-26(19-22-11-7-5-8-12-22)27(32)20-31(37-21-23-13-9-6-10-14-23)39(34,35)25-17-15-24(36-4)16-18-25;1-15(2,3)19-14(17)16-12(13-10-18-13)9-11-7-5-4-6-8-11;1-18-13-7-9-14(10-8-13)20(16,17)15-19-11-12-5-3-2-4-6-12/h5,7-8,11-12,15-18,23,26-27,32H,6,9-10,13-14,19-21H2,1-4H3,(H,30,33);4-8,12-13H,9-10H2,1-3H3,(H,16,17);7-10,12,15H,2-6,11H2,1H3/t26-,27+;12-,13?;/m00./s1. The van der Waals surface area contributed by atoms with Gasteiger partial charge in [-0.2, -0.15) is 0 Å². The number of nitrogens with zero attached hydrogens (tertiary/aromatic N) is 1. The molecule has 1 saturated heterocycles. The van der Waals surface area contributed by atoms with Crippen molar-refractivity contribution in [1.82, 2.24) is 20.0 Å². The topological polar surface area (TPSA) is 230 Å². The Labute approximate surface area is 463 Å². The van der Waals surface area contributed by atoms with E-state index in [1.54, 1.807) is 45.0 Å². The second-order valence-corrected chi connectivity index (χ2v) is 25.3. The van der Waals surface area contributed by atoms with E-state index >= 15 is 0 Å². The third-order valence-corrected chi connectivity index (χ3v) is 15.9. The van der Waals surface area contributed by atoms with Crippen LogP contribution in [0.3, 0.4) is 0 Å². The highest BCUT2D eigenvalue weighted by molar-refractivity contribution is 7.89. The maximum Gasteiger partial charge on any atom is 0.407 e. The summed E-state index contributed by atoms with van der Waals surface area (Å²) in [6.45, 7) is 11.8. The number of aliphatic hydroxyl groups excluding tert-OH is 1. The molecule has 432 valence electrons. The number of epoxide rings is 1. The maximum absolute atomic E-state index is 13.7. The first-order valence-electron chi connectivity index (χ1n) is 27.0. The summed E-state index contributed by atoms with van der Waals surface area (Å²) in [4.78, 5) is 37.9. The van der Waals surface area contributed by atoms with Gasteiger partial charge in [0.1, 0.15) is 28.8 Å². The van der Waals surface area contributed by atoms with Gasteiger partial charge in [0.05, 0.1) is 68.6 Å². The van der Waals surface area contributed by atoms with Gasteiger partial charge in [-0.05, 0) is 152 Å². The van der Waals surface area contributed by atoms with Crippen molar-refractivity contribution in [1.29, 1.82) is 0 Å². The van der Waals surface area contributed by atoms with Crippen molar-refractivity contribution >= 4 is 32.2 Å². The molecular formula is C58H84N4O14S2. The summed E-state index contributed by atoms with van der Waals surface area (Å²) < 4.78 is 78.3. The van der Waals surface area contributed by atoms with Crippen molar-refractivity contribution in [2.75, 3.05) is 40.6 Å². The van der Waals surface area contributed by atoms with E-state index in [0.29, 0.717) is 30.6 Å². The third-order valence-electron chi connectivity index (χ3n) is 13.0. The minimum atomic E-state index is -4.13. The van der Waals surface area contributed by atoms with Gasteiger partial charge in [0.25, 0.3) is 20.0 Å². The van der Waals surface area contributed by atoms with Gasteiger partial charge in [-0.1, -0.05) is 109 Å². The van der Waals surface area contributed by atoms with E-state index in [0.717, 1.165) is 55.0 Å². The molecule has 0 bridgehead atoms. The predicted molar refractivity (Wildman–Crippen MR) is 298 cm³/mol. The first-order chi connectivity index (χ1) is 37.0. The SMILES string of the molecule is CC(C)(C)OC(=O)N[C@@H](Cc1ccccc1)C1CO1.COc1ccc(S(=O)(=O)N(C[C@@H](O)[C@H](Cc2ccccc2)NC(=O)OC(C)(C)C)OCC2CCCCC2)cc1.COc1ccc(S(=O)(=O)NOCC2CCCCC2)cc1. The average molecular weight is 1130 g/mol. The Hall–Kier alpha value is -5.32. The molecule has 2 amide bonds. The molecule has 0 spiro atoms. The van der Waals surface area contributed by atoms with Crippen LogP contribution in [0.1, 0.15) is 117 Å². The maximum atomic E-state index is 13.7. The summed E-state index contributed by atoms with van der Waals surface area (Å²) in [5, 5.41) is 17.0. The first-order valence-corrected chi connectivity index (χ1v) is 29.9. The van der Waals surface area contributed by atoms with Crippen LogP contribution >= 0.6 is 0 Å². The second-order valence-electron chi connectivity index (χ2n) is 21.9. The van der Waals surface area contributed by atoms with Crippen molar-refractivity contribution in [3.05, 3.63) is 120 Å². The third kappa shape index (κ3) is 23.2. The molecule has 20 heteroatoms. The Kier molecular flexibility index (Phi) is 25.1. The monoisotopic (exact) mass is 1120 g/mol. The number of carbonyl (C=O) groups excluding carboxylic acids is 2. The normalized spacial score (nSPS) is 17.4. The predicted octanol–water partition coefficient (Wildman–Crippen LogP) is 9.70. The lowest BCUT2D eigenvalue weighted by Gasteiger charge is -2.31. The molecule has 4 atom stereocenters. The molecule has 18 nitrogen and oxygen atoms in total. The Balaban J connectivity index is 0.000000239. The Morgan fingerprint density at radius 2 is 1.08 bits per heavy atom. The van der Waals surface area contributed by atoms with E-state index in [-0.39, 0.29) is 53.5 Å². The molecule has 0 aromatic heterocycles. The fraction of sp³-hybridized carbons (Fsp3) is 0.552. The number of aliphatic hydroxyl groups is 1. The number of hydroxylamine groups is 1. The number of hydrogen-bond acceptors (Lipinski definition) is 14. The van der Waals surface area contributed by atoms with Crippen LogP contribution < -0.4 is 25.0 Å². The van der Waals surface area contributed by atoms with Crippen molar-refractivity contribution in [2.24, 2.45) is 11.8 Å². The molecule has 3 fully saturated rings. The lowest BCUT2D eigenvalue weighted by Crippen LogP contribution is -2.51. The van der Waals surface area contributed by atoms with Gasteiger partial charge >= 0.3 is 12.2 Å². The number of nitrogens with one attached hydrogen (secondary N) is 3. The largest absolute Gasteiger partial charge is 0.497 e. The zero-order valence-corrected chi connectivity index (χ0v) is 48.3. The van der Waals surface area contributed by atoms with Crippen LogP contribution in [0.2, 0.25) is 0 Å². The summed E-state index contributed by atoms with van der Waals surface area (Å²) in [6.07, 6.45) is 9.93. The molecule has 4 N–H and O–H groups in total. The second kappa shape index (κ2) is 30.9. The van der Waals surface area contributed by atoms with Gasteiger partial charge in [0, 0.05) is 0 Å². The van der Waals surface area contributed by atoms with E-state index in [2.05, 4.69) is 15.5 Å². The fourth-order valence-electron chi connectivity index (χ4n) is 8.79. The van der Waals surface area contributed by atoms with Crippen LogP contribution in [0.25, 0.3) is 0 Å². The van der Waals surface area contributed by atoms with E-state index in [1.165, 1.54) is 69.7 Å². The number of hydrogen-bond donors (Lipinski definition) is 4. The van der Waals surface area contributed by atoms with Gasteiger partial charge in [-0.15, -0.1) is 0 Å². The molecule has 4 aromatic carbocycles. The Bertz CT molecular complexity index is 2600. The molecule has 1 unspecified atom stereocenters. The Morgan fingerprint density at radius 3 is 1.54 bits per heavy atom. The summed E-state index contributed by atoms with van der Waals surface area (Å²) >= 11 is 0. The minimum Gasteiger partial charge on any atom is -0.497 e. The van der Waals surface area contributed by atoms with Gasteiger partial charge in [-0.25, -0.2) is 26.4 Å². The minimum absolute atomic E-state index is 0.0128. The number of alkyl carbamates (subject to hydrolysis) is 2. The lowest BCUT2D eigenvalue weighted by molar-refractivity contribution is -0.121. The molecule has 78 heavy (non-hydrogen) atoms. The van der Waals surface area contributed by atoms with Crippen LogP contribution in [-0.2, 0) is 56.8 Å². The molecule has 0 radical (unpaired) electrons. The van der Waals surface area contributed by atoms with E-state index < -0.39 is 49.5 Å². The molecule has 2 aliphatic carbocycles. The number of rotatable bonds is 22. The fourth-order valence-corrected chi connectivity index (χ4v) is 10.9. The molecule has 2 saturated carbocycles. The molecule has 1 heterocycles. The number of methoxy groups -OCH3 is 2. The van der Waals surface area contributed by atoms with Gasteiger partial charge in [0.15, 0.2) is 0 Å². The van der Waals surface area contributed by atoms with Crippen molar-refractivity contribution in [3.63, 3.8) is 0 Å². The Morgan fingerprint density at radius 1 is 0.628 bits per heavy atom. The zero-order chi connectivity index (χ0) is 56.8. The van der Waals surface area contributed by atoms with Crippen LogP contribution in [0, 0.1) is 11.8 Å². The summed E-state index contributed by atoms with van der Waals surface area (Å²) in [6, 6.07) is 30.7. The van der Waals surface area contributed by atoms with Crippen molar-refractivity contribution in [3.8, 4) is 11.5 Å². The van der Waals surface area contributed by atoms with Crippen LogP contribution in [0.5, 0.6) is 11.5 Å². The van der Waals surface area contributed by atoms with E-state index in [4.69, 9.17) is 33.4 Å². The van der Waals surface area contributed by atoms with E-state index in [1.807, 2.05) is 81.4 Å². The molecule has 1 aliphatic heterocycles. The summed E-state index contributed by atoms with van der Waals surface area (Å²) in [5.41, 5.74) is 0.828. The van der Waals surface area contributed by atoms with Crippen molar-refractivity contribution < 1.29 is 64.9 Å². The molecule has 7 rings (SSSR count). The molecular weight excluding hydrogens is 1040 g/mol. The highest BCUT2D eigenvalue weighted by atomic mass is 32.2. The zero-order valence-electron chi connectivity index (χ0n) is 46.7. The quantitative estimate of drug-likeness (QED) is 0.0424. The summed E-state index contributed by atoms with van der Waals surface area (Å²) in [7, 11) is -4.71. The highest BCUT2D eigenvalue weighted by Crippen LogP contribution is 2.28. The number of benzene rings is 4. The number of amides is 2. The summed E-state index contributed by atoms with van der Waals surface area (Å²) in [5.74, 6) is 1.84. The van der Waals surface area contributed by atoms with Gasteiger partial charge < -0.3 is 39.4 Å². The van der Waals surface area contributed by atoms with Crippen LogP contribution in [-0.4, -0.2) is 115 Å². The number of carbonyl (C=O) groups is 2. The van der Waals surface area contributed by atoms with Crippen LogP contribution in [0.4, 0.5) is 9.59 Å². The lowest BCUT2D eigenvalue weighted by atomic mass is 9.90. The van der Waals surface area contributed by atoms with Crippen molar-refractivity contribution in [2.45, 2.75) is 164 Å². The smallest absolute Gasteiger partial charge is 0.407 e. The number of sulfonamides is 2. The molecule has 4 aromatic rings. The molecule has 3 aliphatic rings. The van der Waals surface area contributed by atoms with E-state index in [9.17, 15) is 31.5 Å². The van der Waals surface area contributed by atoms with Gasteiger partial charge in [0.2, 0.25) is 0 Å². The number of ether oxygens (including phenoxy) is 5. The highest BCUT2D eigenvalue weighted by Gasteiger charge is 2.36. The van der Waals surface area contributed by atoms with Gasteiger partial charge in [-0.3, -0.25) is 9.68 Å². The average Bonchev–Trinajstić information content (AvgIpc) is 4.26. The van der Waals surface area contributed by atoms with Crippen LogP contribution in [0.15, 0.2) is 119 Å².